The molecule has 2 unspecified atom stereocenters. The topological polar surface area (TPSA) is 46.2 Å². The molecule has 4 rings (SSSR count). The summed E-state index contributed by atoms with van der Waals surface area (Å²) in [6, 6.07) is 21.2. The van der Waals surface area contributed by atoms with Gasteiger partial charge in [-0.25, -0.2) is 0 Å². The Hall–Kier alpha value is -3.26. The number of ether oxygens (including phenoxy) is 1. The third kappa shape index (κ3) is 11.7. The highest BCUT2D eigenvalue weighted by atomic mass is 31.1. The SMILES string of the molecule is Cc1c(OC(C)(C)C)cc(C(C)(C)C)c(OPOc2ccc(C(C)(C)C)cc2)c1-c1c(C)c(C(C)(C)C)cc(C(C)(C)C)c1OPOc1ccc(C(C)(C)C)cc1. The molecule has 0 heterocycles. The summed E-state index contributed by atoms with van der Waals surface area (Å²) in [5.41, 5.74) is 8.90. The Labute approximate surface area is 350 Å². The molecule has 0 fully saturated rings. The van der Waals surface area contributed by atoms with Crippen LogP contribution in [0.25, 0.3) is 11.1 Å². The first kappa shape index (κ1) is 46.4. The van der Waals surface area contributed by atoms with Crippen LogP contribution in [-0.4, -0.2) is 5.60 Å². The van der Waals surface area contributed by atoms with Gasteiger partial charge in [-0.1, -0.05) is 134 Å². The van der Waals surface area contributed by atoms with Crippen molar-refractivity contribution in [1.82, 2.24) is 0 Å². The van der Waals surface area contributed by atoms with Gasteiger partial charge in [-0.05, 0) is 114 Å². The monoisotopic (exact) mass is 814 g/mol. The fraction of sp³-hybridized carbons (Fsp3) is 0.520. The van der Waals surface area contributed by atoms with Gasteiger partial charge in [0.25, 0.3) is 18.1 Å². The lowest BCUT2D eigenvalue weighted by Crippen LogP contribution is -2.24. The van der Waals surface area contributed by atoms with E-state index in [9.17, 15) is 0 Å². The highest BCUT2D eigenvalue weighted by Crippen LogP contribution is 2.55. The molecule has 57 heavy (non-hydrogen) atoms. The smallest absolute Gasteiger partial charge is 0.275 e. The molecule has 5 nitrogen and oxygen atoms in total. The minimum Gasteiger partial charge on any atom is -0.488 e. The largest absolute Gasteiger partial charge is 0.488 e. The van der Waals surface area contributed by atoms with Crippen LogP contribution in [-0.2, 0) is 27.1 Å². The Morgan fingerprint density at radius 1 is 0.386 bits per heavy atom. The lowest BCUT2D eigenvalue weighted by molar-refractivity contribution is 0.129. The van der Waals surface area contributed by atoms with Crippen molar-refractivity contribution in [2.75, 3.05) is 0 Å². The van der Waals surface area contributed by atoms with Gasteiger partial charge in [0.2, 0.25) is 0 Å². The first-order valence-electron chi connectivity index (χ1n) is 20.3. The molecule has 0 aromatic heterocycles. The molecule has 0 N–H and O–H groups in total. The molecular weight excluding hydrogens is 742 g/mol. The summed E-state index contributed by atoms with van der Waals surface area (Å²) < 4.78 is 33.5. The molecule has 0 radical (unpaired) electrons. The molecule has 0 spiro atoms. The van der Waals surface area contributed by atoms with Gasteiger partial charge in [0.05, 0.1) is 0 Å². The molecule has 0 aliphatic rings. The molecule has 0 saturated heterocycles. The van der Waals surface area contributed by atoms with E-state index in [2.05, 4.69) is 175 Å². The van der Waals surface area contributed by atoms with E-state index in [0.717, 1.165) is 62.1 Å². The van der Waals surface area contributed by atoms with E-state index in [0.29, 0.717) is 0 Å². The van der Waals surface area contributed by atoms with Gasteiger partial charge < -0.3 is 22.8 Å². The third-order valence-electron chi connectivity index (χ3n) is 10.2. The second kappa shape index (κ2) is 16.8. The van der Waals surface area contributed by atoms with Crippen LogP contribution >= 0.6 is 18.1 Å². The Kier molecular flexibility index (Phi) is 13.7. The van der Waals surface area contributed by atoms with E-state index in [1.807, 2.05) is 24.3 Å². The van der Waals surface area contributed by atoms with Crippen LogP contribution in [0, 0.1) is 13.8 Å². The Morgan fingerprint density at radius 3 is 1.07 bits per heavy atom. The van der Waals surface area contributed by atoms with Gasteiger partial charge in [-0.2, -0.15) is 0 Å². The van der Waals surface area contributed by atoms with E-state index in [1.54, 1.807) is 0 Å². The fourth-order valence-electron chi connectivity index (χ4n) is 6.90. The normalized spacial score (nSPS) is 13.5. The van der Waals surface area contributed by atoms with Crippen molar-refractivity contribution in [3.63, 3.8) is 0 Å². The summed E-state index contributed by atoms with van der Waals surface area (Å²) in [5.74, 6) is 3.92. The minimum absolute atomic E-state index is 0.0514. The fourth-order valence-corrected chi connectivity index (χ4v) is 8.04. The zero-order chi connectivity index (χ0) is 43.1. The molecule has 0 saturated carbocycles. The Morgan fingerprint density at radius 2 is 0.737 bits per heavy atom. The molecule has 312 valence electrons. The number of benzene rings is 4. The summed E-state index contributed by atoms with van der Waals surface area (Å²) in [6.45, 7) is 44.2. The average Bonchev–Trinajstić information content (AvgIpc) is 3.04. The zero-order valence-electron chi connectivity index (χ0n) is 38.8. The van der Waals surface area contributed by atoms with Gasteiger partial charge in [-0.15, -0.1) is 0 Å². The maximum atomic E-state index is 6.97. The minimum atomic E-state index is -0.431. The summed E-state index contributed by atoms with van der Waals surface area (Å²) in [6.07, 6.45) is 0. The predicted octanol–water partition coefficient (Wildman–Crippen LogP) is 15.6. The molecule has 0 aliphatic heterocycles. The van der Waals surface area contributed by atoms with E-state index in [-0.39, 0.29) is 45.1 Å². The van der Waals surface area contributed by atoms with Crippen LogP contribution in [0.5, 0.6) is 28.7 Å². The summed E-state index contributed by atoms with van der Waals surface area (Å²) in [5, 5.41) is 0. The lowest BCUT2D eigenvalue weighted by atomic mass is 9.74. The van der Waals surface area contributed by atoms with Crippen molar-refractivity contribution >= 4 is 18.1 Å². The van der Waals surface area contributed by atoms with E-state index >= 15 is 0 Å². The van der Waals surface area contributed by atoms with Crippen molar-refractivity contribution in [2.24, 2.45) is 0 Å². The summed E-state index contributed by atoms with van der Waals surface area (Å²) in [7, 11) is -0.574. The second-order valence-corrected chi connectivity index (χ2v) is 22.8. The summed E-state index contributed by atoms with van der Waals surface area (Å²) in [4.78, 5) is 0. The number of rotatable bonds is 10. The predicted molar refractivity (Wildman–Crippen MR) is 247 cm³/mol. The molecule has 7 heteroatoms. The quantitative estimate of drug-likeness (QED) is 0.149. The lowest BCUT2D eigenvalue weighted by Gasteiger charge is -2.34. The highest BCUT2D eigenvalue weighted by molar-refractivity contribution is 7.27. The molecule has 2 atom stereocenters. The molecule has 4 aromatic rings. The van der Waals surface area contributed by atoms with Gasteiger partial charge >= 0.3 is 0 Å². The van der Waals surface area contributed by atoms with Crippen LogP contribution in [0.3, 0.4) is 0 Å². The Balaban J connectivity index is 2.01. The first-order valence-corrected chi connectivity index (χ1v) is 22.0. The third-order valence-corrected chi connectivity index (χ3v) is 11.4. The number of hydrogen-bond donors (Lipinski definition) is 0. The second-order valence-electron chi connectivity index (χ2n) is 21.6. The van der Waals surface area contributed by atoms with E-state index in [1.165, 1.54) is 16.7 Å². The van der Waals surface area contributed by atoms with Crippen molar-refractivity contribution < 1.29 is 22.8 Å². The highest BCUT2D eigenvalue weighted by Gasteiger charge is 2.35. The van der Waals surface area contributed by atoms with Gasteiger partial charge in [0.15, 0.2) is 0 Å². The number of hydrogen-bond acceptors (Lipinski definition) is 5. The molecule has 0 amide bonds. The maximum absolute atomic E-state index is 6.97. The molecular formula is C50H72O5P2. The standard InChI is InChI=1S/C50H72O5P2/c1-31-37(47(9,10)11)29-38(48(12,13)14)43(54-56-52-35-25-21-33(22-26-35)45(3,4)5)41(31)42-32(2)40(51-50(18,19)20)30-39(49(15,16)17)44(42)55-57-53-36-27-23-34(24-28-36)46(6,7)8/h21-30,56-57H,1-20H3. The van der Waals surface area contributed by atoms with Gasteiger partial charge in [-0.3, -0.25) is 0 Å². The first-order chi connectivity index (χ1) is 25.9. The van der Waals surface area contributed by atoms with Crippen LogP contribution in [0.2, 0.25) is 0 Å². The van der Waals surface area contributed by atoms with Crippen molar-refractivity contribution in [2.45, 2.75) is 171 Å². The van der Waals surface area contributed by atoms with Crippen LogP contribution in [0.4, 0.5) is 0 Å². The molecule has 0 aliphatic carbocycles. The van der Waals surface area contributed by atoms with Crippen molar-refractivity contribution in [3.8, 4) is 39.9 Å². The zero-order valence-corrected chi connectivity index (χ0v) is 40.8. The summed E-state index contributed by atoms with van der Waals surface area (Å²) >= 11 is 0. The van der Waals surface area contributed by atoms with Crippen LogP contribution < -0.4 is 22.8 Å². The Bertz CT molecular complexity index is 2000. The molecule has 0 bridgehead atoms. The van der Waals surface area contributed by atoms with E-state index < -0.39 is 5.60 Å². The van der Waals surface area contributed by atoms with Crippen LogP contribution in [0.15, 0.2) is 60.7 Å². The van der Waals surface area contributed by atoms with Crippen LogP contribution in [0.1, 0.15) is 164 Å². The van der Waals surface area contributed by atoms with Crippen molar-refractivity contribution in [3.05, 3.63) is 99.6 Å². The molecule has 4 aromatic carbocycles. The van der Waals surface area contributed by atoms with E-state index in [4.69, 9.17) is 22.8 Å². The maximum Gasteiger partial charge on any atom is 0.275 e. The average molecular weight is 815 g/mol. The van der Waals surface area contributed by atoms with Gasteiger partial charge in [0, 0.05) is 27.8 Å². The van der Waals surface area contributed by atoms with Gasteiger partial charge in [0.1, 0.15) is 34.3 Å². The van der Waals surface area contributed by atoms with Crippen molar-refractivity contribution in [1.29, 1.82) is 0 Å².